The minimum Gasteiger partial charge on any atom is -0.348 e. The molecule has 0 saturated heterocycles. The molecule has 7 nitrogen and oxygen atoms in total. The van der Waals surface area contributed by atoms with E-state index in [9.17, 15) is 9.59 Å². The number of anilines is 1. The third-order valence-corrected chi connectivity index (χ3v) is 4.56. The van der Waals surface area contributed by atoms with Gasteiger partial charge in [-0.1, -0.05) is 33.1 Å². The minimum atomic E-state index is -0.142. The zero-order chi connectivity index (χ0) is 18.5. The summed E-state index contributed by atoms with van der Waals surface area (Å²) in [4.78, 5) is 32.6. The monoisotopic (exact) mass is 355 g/mol. The number of carbonyl (C=O) groups excluding carboxylic acids is 2. The predicted molar refractivity (Wildman–Crippen MR) is 99.2 cm³/mol. The van der Waals surface area contributed by atoms with E-state index in [2.05, 4.69) is 20.6 Å². The van der Waals surface area contributed by atoms with Gasteiger partial charge in [-0.3, -0.25) is 14.2 Å². The van der Waals surface area contributed by atoms with Gasteiger partial charge < -0.3 is 10.6 Å². The zero-order valence-electron chi connectivity index (χ0n) is 15.2. The number of imidazole rings is 1. The van der Waals surface area contributed by atoms with Crippen molar-refractivity contribution in [2.75, 3.05) is 5.32 Å². The summed E-state index contributed by atoms with van der Waals surface area (Å²) in [6.45, 7) is 3.67. The van der Waals surface area contributed by atoms with Crippen LogP contribution in [0.2, 0.25) is 0 Å². The van der Waals surface area contributed by atoms with E-state index in [1.54, 1.807) is 35.4 Å². The number of carbonyl (C=O) groups is 2. The lowest BCUT2D eigenvalue weighted by Crippen LogP contribution is -2.36. The maximum Gasteiger partial charge on any atom is 0.271 e. The molecule has 2 aromatic heterocycles. The van der Waals surface area contributed by atoms with Gasteiger partial charge >= 0.3 is 0 Å². The zero-order valence-corrected chi connectivity index (χ0v) is 15.2. The number of hydrogen-bond acceptors (Lipinski definition) is 4. The highest BCUT2D eigenvalue weighted by atomic mass is 16.2. The van der Waals surface area contributed by atoms with Gasteiger partial charge in [-0.05, 0) is 25.0 Å². The van der Waals surface area contributed by atoms with E-state index in [0.29, 0.717) is 17.2 Å². The fourth-order valence-corrected chi connectivity index (χ4v) is 2.97. The molecule has 2 heterocycles. The van der Waals surface area contributed by atoms with Gasteiger partial charge in [0.05, 0.1) is 11.9 Å². The van der Waals surface area contributed by atoms with Gasteiger partial charge in [0.1, 0.15) is 17.8 Å². The summed E-state index contributed by atoms with van der Waals surface area (Å²) in [5.41, 5.74) is 1.03. The molecule has 1 aliphatic rings. The van der Waals surface area contributed by atoms with E-state index >= 15 is 0 Å². The van der Waals surface area contributed by atoms with Crippen LogP contribution in [-0.4, -0.2) is 32.4 Å². The van der Waals surface area contributed by atoms with Crippen molar-refractivity contribution in [1.29, 1.82) is 0 Å². The number of nitrogens with one attached hydrogen (secondary N) is 2. The van der Waals surface area contributed by atoms with E-state index in [-0.39, 0.29) is 23.8 Å². The number of amides is 2. The maximum atomic E-state index is 12.3. The third kappa shape index (κ3) is 4.47. The first-order valence-electron chi connectivity index (χ1n) is 9.15. The molecule has 2 aromatic rings. The van der Waals surface area contributed by atoms with E-state index in [1.807, 2.05) is 13.8 Å². The van der Waals surface area contributed by atoms with Crippen LogP contribution in [0, 0.1) is 5.92 Å². The molecule has 7 heteroatoms. The Morgan fingerprint density at radius 2 is 1.92 bits per heavy atom. The number of pyridine rings is 1. The van der Waals surface area contributed by atoms with Crippen LogP contribution in [0.4, 0.5) is 5.69 Å². The van der Waals surface area contributed by atoms with Crippen molar-refractivity contribution in [2.45, 2.75) is 52.0 Å². The predicted octanol–water partition coefficient (Wildman–Crippen LogP) is 2.92. The molecule has 0 spiro atoms. The molecule has 0 unspecified atom stereocenters. The molecule has 0 radical (unpaired) electrons. The lowest BCUT2D eigenvalue weighted by Gasteiger charge is -2.22. The Hall–Kier alpha value is -2.70. The van der Waals surface area contributed by atoms with Crippen molar-refractivity contribution in [3.63, 3.8) is 0 Å². The fraction of sp³-hybridized carbons (Fsp3) is 0.474. The van der Waals surface area contributed by atoms with Gasteiger partial charge in [0.15, 0.2) is 0 Å². The fourth-order valence-electron chi connectivity index (χ4n) is 2.97. The molecule has 1 aliphatic carbocycles. The molecule has 3 rings (SSSR count). The highest BCUT2D eigenvalue weighted by Crippen LogP contribution is 2.18. The van der Waals surface area contributed by atoms with Crippen LogP contribution < -0.4 is 10.6 Å². The largest absolute Gasteiger partial charge is 0.348 e. The van der Waals surface area contributed by atoms with Gasteiger partial charge in [-0.25, -0.2) is 9.97 Å². The number of nitrogens with zero attached hydrogens (tertiary/aromatic N) is 3. The van der Waals surface area contributed by atoms with Crippen molar-refractivity contribution in [3.05, 3.63) is 36.5 Å². The van der Waals surface area contributed by atoms with Gasteiger partial charge in [0.2, 0.25) is 5.91 Å². The molecule has 138 valence electrons. The Bertz CT molecular complexity index is 760. The lowest BCUT2D eigenvalue weighted by atomic mass is 9.95. The molecule has 2 N–H and O–H groups in total. The second kappa shape index (κ2) is 8.12. The molecular formula is C19H25N5O2. The first-order valence-corrected chi connectivity index (χ1v) is 9.15. The van der Waals surface area contributed by atoms with Crippen molar-refractivity contribution in [1.82, 2.24) is 19.9 Å². The van der Waals surface area contributed by atoms with Gasteiger partial charge in [-0.2, -0.15) is 0 Å². The summed E-state index contributed by atoms with van der Waals surface area (Å²) < 4.78 is 1.70. The number of rotatable bonds is 5. The lowest BCUT2D eigenvalue weighted by molar-refractivity contribution is -0.118. The van der Waals surface area contributed by atoms with E-state index < -0.39 is 0 Å². The Labute approximate surface area is 153 Å². The number of hydrogen-bond donors (Lipinski definition) is 2. The second-order valence-corrected chi connectivity index (χ2v) is 7.02. The standard InChI is InChI=1S/C19H25N5O2/c1-13(2)18(25)23-15-8-9-17(20-10-15)24-11-16(21-12-24)19(26)22-14-6-4-3-5-7-14/h8-14H,3-7H2,1-2H3,(H,22,26)(H,23,25). The third-order valence-electron chi connectivity index (χ3n) is 4.56. The minimum absolute atomic E-state index is 0.0520. The van der Waals surface area contributed by atoms with Crippen LogP contribution >= 0.6 is 0 Å². The van der Waals surface area contributed by atoms with Crippen molar-refractivity contribution < 1.29 is 9.59 Å². The Morgan fingerprint density at radius 1 is 1.15 bits per heavy atom. The average molecular weight is 355 g/mol. The first kappa shape index (κ1) is 18.1. The Balaban J connectivity index is 1.63. The van der Waals surface area contributed by atoms with Crippen LogP contribution in [0.25, 0.3) is 5.82 Å². The summed E-state index contributed by atoms with van der Waals surface area (Å²) in [7, 11) is 0. The summed E-state index contributed by atoms with van der Waals surface area (Å²) in [6, 6.07) is 3.81. The summed E-state index contributed by atoms with van der Waals surface area (Å²) in [5.74, 6) is 0.352. The molecule has 2 amide bonds. The molecule has 0 atom stereocenters. The molecule has 0 aliphatic heterocycles. The van der Waals surface area contributed by atoms with E-state index in [1.165, 1.54) is 19.3 Å². The summed E-state index contributed by atoms with van der Waals surface area (Å²) >= 11 is 0. The highest BCUT2D eigenvalue weighted by Gasteiger charge is 2.18. The van der Waals surface area contributed by atoms with Crippen LogP contribution in [-0.2, 0) is 4.79 Å². The normalized spacial score (nSPS) is 15.0. The molecule has 0 aromatic carbocycles. The highest BCUT2D eigenvalue weighted by molar-refractivity contribution is 5.92. The first-order chi connectivity index (χ1) is 12.5. The molecular weight excluding hydrogens is 330 g/mol. The van der Waals surface area contributed by atoms with Crippen molar-refractivity contribution in [2.24, 2.45) is 5.92 Å². The molecule has 1 fully saturated rings. The van der Waals surface area contributed by atoms with E-state index in [0.717, 1.165) is 12.8 Å². The van der Waals surface area contributed by atoms with Gasteiger partial charge in [0, 0.05) is 18.2 Å². The molecule has 0 bridgehead atoms. The molecule has 1 saturated carbocycles. The SMILES string of the molecule is CC(C)C(=O)Nc1ccc(-n2cnc(C(=O)NC3CCCCC3)c2)nc1. The summed E-state index contributed by atoms with van der Waals surface area (Å²) in [5, 5.41) is 5.86. The maximum absolute atomic E-state index is 12.3. The van der Waals surface area contributed by atoms with Crippen LogP contribution in [0.15, 0.2) is 30.9 Å². The average Bonchev–Trinajstić information content (AvgIpc) is 3.13. The van der Waals surface area contributed by atoms with Gasteiger partial charge in [-0.15, -0.1) is 0 Å². The van der Waals surface area contributed by atoms with Crippen LogP contribution in [0.1, 0.15) is 56.4 Å². The van der Waals surface area contributed by atoms with Crippen LogP contribution in [0.5, 0.6) is 0 Å². The quantitative estimate of drug-likeness (QED) is 0.863. The smallest absolute Gasteiger partial charge is 0.271 e. The van der Waals surface area contributed by atoms with Crippen LogP contribution in [0.3, 0.4) is 0 Å². The second-order valence-electron chi connectivity index (χ2n) is 7.02. The Kier molecular flexibility index (Phi) is 5.65. The summed E-state index contributed by atoms with van der Waals surface area (Å²) in [6.07, 6.45) is 10.5. The topological polar surface area (TPSA) is 88.9 Å². The van der Waals surface area contributed by atoms with E-state index in [4.69, 9.17) is 0 Å². The Morgan fingerprint density at radius 3 is 2.58 bits per heavy atom. The number of aromatic nitrogens is 3. The van der Waals surface area contributed by atoms with Crippen molar-refractivity contribution >= 4 is 17.5 Å². The van der Waals surface area contributed by atoms with Crippen molar-refractivity contribution in [3.8, 4) is 5.82 Å². The van der Waals surface area contributed by atoms with Gasteiger partial charge in [0.25, 0.3) is 5.91 Å². The molecule has 26 heavy (non-hydrogen) atoms.